The van der Waals surface area contributed by atoms with E-state index in [9.17, 15) is 32.7 Å². The lowest BCUT2D eigenvalue weighted by Crippen LogP contribution is -2.42. The summed E-state index contributed by atoms with van der Waals surface area (Å²) in [5.41, 5.74) is -0.717. The standard InChI is InChI=1S/C18H20F3NO5/c1-2-27-16(24)10-15(23)12-6-7-22(17(25)26)14(9-12)11-4-3-5-13(8-11)18(19,20)21/h3-5,8,12,14H,2,6-7,9-10H2,1H3,(H,25,26). The fourth-order valence-electron chi connectivity index (χ4n) is 3.22. The minimum Gasteiger partial charge on any atom is -0.466 e. The largest absolute Gasteiger partial charge is 0.466 e. The van der Waals surface area contributed by atoms with Crippen molar-refractivity contribution in [1.82, 2.24) is 4.90 Å². The Balaban J connectivity index is 2.24. The Kier molecular flexibility index (Phi) is 6.45. The average Bonchev–Trinajstić information content (AvgIpc) is 2.60. The van der Waals surface area contributed by atoms with Gasteiger partial charge >= 0.3 is 18.2 Å². The van der Waals surface area contributed by atoms with Crippen LogP contribution in [0.3, 0.4) is 0 Å². The Morgan fingerprint density at radius 1 is 1.30 bits per heavy atom. The van der Waals surface area contributed by atoms with Crippen LogP contribution < -0.4 is 0 Å². The molecule has 1 aromatic rings. The molecule has 0 saturated carbocycles. The van der Waals surface area contributed by atoms with Crippen molar-refractivity contribution in [2.45, 2.75) is 38.4 Å². The molecule has 1 aromatic carbocycles. The smallest absolute Gasteiger partial charge is 0.416 e. The van der Waals surface area contributed by atoms with Gasteiger partial charge in [0.25, 0.3) is 0 Å². The molecule has 9 heteroatoms. The molecule has 27 heavy (non-hydrogen) atoms. The number of benzene rings is 1. The third kappa shape index (κ3) is 5.21. The summed E-state index contributed by atoms with van der Waals surface area (Å²) in [6, 6.07) is 3.53. The molecule has 148 valence electrons. The number of ketones is 1. The number of rotatable bonds is 5. The normalized spacial score (nSPS) is 20.2. The zero-order chi connectivity index (χ0) is 20.2. The van der Waals surface area contributed by atoms with Crippen molar-refractivity contribution in [3.8, 4) is 0 Å². The van der Waals surface area contributed by atoms with Crippen molar-refractivity contribution in [3.63, 3.8) is 0 Å². The second-order valence-corrected chi connectivity index (χ2v) is 6.28. The van der Waals surface area contributed by atoms with E-state index in [4.69, 9.17) is 4.74 Å². The summed E-state index contributed by atoms with van der Waals surface area (Å²) in [7, 11) is 0. The van der Waals surface area contributed by atoms with E-state index in [-0.39, 0.29) is 31.6 Å². The Bertz CT molecular complexity index is 719. The first-order valence-electron chi connectivity index (χ1n) is 8.48. The summed E-state index contributed by atoms with van der Waals surface area (Å²) in [6.07, 6.45) is -6.03. The summed E-state index contributed by atoms with van der Waals surface area (Å²) < 4.78 is 43.7. The van der Waals surface area contributed by atoms with Crippen LogP contribution in [0.25, 0.3) is 0 Å². The molecule has 1 amide bonds. The minimum atomic E-state index is -4.56. The third-order valence-corrected chi connectivity index (χ3v) is 4.53. The quantitative estimate of drug-likeness (QED) is 0.616. The van der Waals surface area contributed by atoms with E-state index in [0.29, 0.717) is 0 Å². The SMILES string of the molecule is CCOC(=O)CC(=O)C1CCN(C(=O)O)C(c2cccc(C(F)(F)F)c2)C1. The maximum Gasteiger partial charge on any atom is 0.416 e. The van der Waals surface area contributed by atoms with Crippen LogP contribution in [-0.4, -0.2) is 41.0 Å². The summed E-state index contributed by atoms with van der Waals surface area (Å²) in [5, 5.41) is 9.38. The van der Waals surface area contributed by atoms with Crippen molar-refractivity contribution in [3.05, 3.63) is 35.4 Å². The van der Waals surface area contributed by atoms with Crippen LogP contribution >= 0.6 is 0 Å². The molecule has 1 aliphatic rings. The highest BCUT2D eigenvalue weighted by atomic mass is 19.4. The van der Waals surface area contributed by atoms with E-state index in [1.807, 2.05) is 0 Å². The lowest BCUT2D eigenvalue weighted by molar-refractivity contribution is -0.147. The number of carboxylic acid groups (broad SMARTS) is 1. The molecule has 2 rings (SSSR count). The monoisotopic (exact) mass is 387 g/mol. The van der Waals surface area contributed by atoms with Gasteiger partial charge in [0.2, 0.25) is 0 Å². The molecule has 1 saturated heterocycles. The molecular weight excluding hydrogens is 367 g/mol. The van der Waals surface area contributed by atoms with Gasteiger partial charge in [-0.2, -0.15) is 13.2 Å². The Morgan fingerprint density at radius 2 is 2.00 bits per heavy atom. The Labute approximate surface area is 153 Å². The number of piperidine rings is 1. The highest BCUT2D eigenvalue weighted by Gasteiger charge is 2.37. The number of hydrogen-bond acceptors (Lipinski definition) is 4. The number of amides is 1. The van der Waals surface area contributed by atoms with Gasteiger partial charge < -0.3 is 14.7 Å². The van der Waals surface area contributed by atoms with Gasteiger partial charge in [-0.15, -0.1) is 0 Å². The number of nitrogens with zero attached hydrogens (tertiary/aromatic N) is 1. The second-order valence-electron chi connectivity index (χ2n) is 6.28. The maximum absolute atomic E-state index is 13.0. The number of ether oxygens (including phenoxy) is 1. The molecule has 1 aliphatic heterocycles. The molecule has 1 heterocycles. The molecule has 0 bridgehead atoms. The predicted octanol–water partition coefficient (Wildman–Crippen LogP) is 3.66. The van der Waals surface area contributed by atoms with Crippen LogP contribution in [0.15, 0.2) is 24.3 Å². The number of halogens is 3. The van der Waals surface area contributed by atoms with Crippen LogP contribution in [-0.2, 0) is 20.5 Å². The first-order chi connectivity index (χ1) is 12.6. The maximum atomic E-state index is 13.0. The van der Waals surface area contributed by atoms with Crippen LogP contribution in [0, 0.1) is 5.92 Å². The first-order valence-corrected chi connectivity index (χ1v) is 8.48. The highest BCUT2D eigenvalue weighted by molar-refractivity contribution is 5.96. The summed E-state index contributed by atoms with van der Waals surface area (Å²) in [6.45, 7) is 1.74. The van der Waals surface area contributed by atoms with Crippen molar-refractivity contribution >= 4 is 17.8 Å². The Morgan fingerprint density at radius 3 is 2.59 bits per heavy atom. The molecule has 0 radical (unpaired) electrons. The number of esters is 1. The summed E-state index contributed by atoms with van der Waals surface area (Å²) >= 11 is 0. The van der Waals surface area contributed by atoms with Gasteiger partial charge in [0.15, 0.2) is 0 Å². The molecule has 0 spiro atoms. The van der Waals surface area contributed by atoms with E-state index < -0.39 is 48.0 Å². The van der Waals surface area contributed by atoms with Gasteiger partial charge in [-0.1, -0.05) is 12.1 Å². The van der Waals surface area contributed by atoms with Gasteiger partial charge in [-0.3, -0.25) is 9.59 Å². The number of carbonyl (C=O) groups is 3. The van der Waals surface area contributed by atoms with E-state index in [0.717, 1.165) is 17.0 Å². The topological polar surface area (TPSA) is 83.9 Å². The van der Waals surface area contributed by atoms with Crippen molar-refractivity contribution in [2.24, 2.45) is 5.92 Å². The van der Waals surface area contributed by atoms with E-state index in [2.05, 4.69) is 0 Å². The second kappa shape index (κ2) is 8.41. The van der Waals surface area contributed by atoms with E-state index in [1.165, 1.54) is 12.1 Å². The molecule has 2 unspecified atom stereocenters. The number of Topliss-reactive ketones (excluding diaryl/α,β-unsaturated/α-hetero) is 1. The van der Waals surface area contributed by atoms with Crippen molar-refractivity contribution < 1.29 is 37.4 Å². The zero-order valence-corrected chi connectivity index (χ0v) is 14.7. The number of carbonyl (C=O) groups excluding carboxylic acids is 2. The van der Waals surface area contributed by atoms with Crippen LogP contribution in [0.1, 0.15) is 43.4 Å². The summed E-state index contributed by atoms with van der Waals surface area (Å²) in [5.74, 6) is -1.68. The van der Waals surface area contributed by atoms with Gasteiger partial charge in [0, 0.05) is 12.5 Å². The number of likely N-dealkylation sites (tertiary alicyclic amines) is 1. The lowest BCUT2D eigenvalue weighted by atomic mass is 9.83. The van der Waals surface area contributed by atoms with Crippen molar-refractivity contribution in [2.75, 3.05) is 13.2 Å². The number of hydrogen-bond donors (Lipinski definition) is 1. The molecule has 6 nitrogen and oxygen atoms in total. The molecule has 1 fully saturated rings. The van der Waals surface area contributed by atoms with E-state index in [1.54, 1.807) is 6.92 Å². The minimum absolute atomic E-state index is 0.00449. The fraction of sp³-hybridized carbons (Fsp3) is 0.500. The van der Waals surface area contributed by atoms with Gasteiger partial charge in [-0.05, 0) is 37.5 Å². The van der Waals surface area contributed by atoms with Gasteiger partial charge in [-0.25, -0.2) is 4.79 Å². The molecule has 0 aliphatic carbocycles. The molecular formula is C18H20F3NO5. The first kappa shape index (κ1) is 20.7. The molecule has 0 aromatic heterocycles. The van der Waals surface area contributed by atoms with E-state index >= 15 is 0 Å². The molecule has 2 atom stereocenters. The van der Waals surface area contributed by atoms with Gasteiger partial charge in [0.05, 0.1) is 18.2 Å². The predicted molar refractivity (Wildman–Crippen MR) is 87.9 cm³/mol. The Hall–Kier alpha value is -2.58. The fourth-order valence-corrected chi connectivity index (χ4v) is 3.22. The molecule has 1 N–H and O–H groups in total. The highest BCUT2D eigenvalue weighted by Crippen LogP contribution is 2.37. The average molecular weight is 387 g/mol. The van der Waals surface area contributed by atoms with Crippen LogP contribution in [0.4, 0.5) is 18.0 Å². The number of alkyl halides is 3. The van der Waals surface area contributed by atoms with Crippen LogP contribution in [0.2, 0.25) is 0 Å². The summed E-state index contributed by atoms with van der Waals surface area (Å²) in [4.78, 5) is 36.4. The lowest BCUT2D eigenvalue weighted by Gasteiger charge is -2.37. The third-order valence-electron chi connectivity index (χ3n) is 4.53. The van der Waals surface area contributed by atoms with Gasteiger partial charge in [0.1, 0.15) is 12.2 Å². The zero-order valence-electron chi connectivity index (χ0n) is 14.7. The van der Waals surface area contributed by atoms with Crippen LogP contribution in [0.5, 0.6) is 0 Å². The van der Waals surface area contributed by atoms with Crippen molar-refractivity contribution in [1.29, 1.82) is 0 Å².